The molecule has 1 aliphatic heterocycles. The monoisotopic (exact) mass is 409 g/mol. The average Bonchev–Trinajstić information content (AvgIpc) is 3.12. The second-order valence-electron chi connectivity index (χ2n) is 7.29. The van der Waals surface area contributed by atoms with Crippen molar-refractivity contribution in [2.24, 2.45) is 0 Å². The summed E-state index contributed by atoms with van der Waals surface area (Å²) in [6.07, 6.45) is -0.0323. The molecule has 2 heterocycles. The Bertz CT molecular complexity index is 1080. The molecule has 0 fully saturated rings. The van der Waals surface area contributed by atoms with E-state index in [0.29, 0.717) is 23.8 Å². The number of benzene rings is 2. The molecule has 7 heteroatoms. The molecule has 1 aromatic heterocycles. The van der Waals surface area contributed by atoms with Gasteiger partial charge in [-0.3, -0.25) is 14.3 Å². The maximum absolute atomic E-state index is 13.1. The van der Waals surface area contributed by atoms with Crippen molar-refractivity contribution in [3.8, 4) is 11.3 Å². The number of carbonyl (C=O) groups is 2. The van der Waals surface area contributed by atoms with Crippen molar-refractivity contribution in [1.82, 2.24) is 14.7 Å². The number of amides is 1. The van der Waals surface area contributed by atoms with E-state index in [1.165, 1.54) is 0 Å². The molecular weight excluding hydrogens is 390 g/mol. The van der Waals surface area contributed by atoms with E-state index in [2.05, 4.69) is 5.10 Å². The van der Waals surface area contributed by atoms with Crippen LogP contribution in [0.3, 0.4) is 0 Å². The zero-order valence-electron chi connectivity index (χ0n) is 15.9. The first-order valence-electron chi connectivity index (χ1n) is 9.35. The number of aromatic nitrogens is 2. The van der Waals surface area contributed by atoms with Crippen LogP contribution in [0, 0.1) is 0 Å². The van der Waals surface area contributed by atoms with Crippen molar-refractivity contribution >= 4 is 23.5 Å². The summed E-state index contributed by atoms with van der Waals surface area (Å²) < 4.78 is 1.78. The summed E-state index contributed by atoms with van der Waals surface area (Å²) in [4.78, 5) is 25.8. The lowest BCUT2D eigenvalue weighted by atomic mass is 10.1. The third kappa shape index (κ3) is 4.03. The molecule has 1 N–H and O–H groups in total. The van der Waals surface area contributed by atoms with Gasteiger partial charge in [0.2, 0.25) is 0 Å². The van der Waals surface area contributed by atoms with Crippen LogP contribution >= 0.6 is 11.6 Å². The molecule has 3 aromatic rings. The number of halogens is 1. The molecule has 6 nitrogen and oxygen atoms in total. The highest BCUT2D eigenvalue weighted by Crippen LogP contribution is 2.28. The molecular formula is C22H20ClN3O3. The highest BCUT2D eigenvalue weighted by molar-refractivity contribution is 6.30. The van der Waals surface area contributed by atoms with E-state index in [4.69, 9.17) is 16.7 Å². The van der Waals surface area contributed by atoms with Gasteiger partial charge in [-0.2, -0.15) is 5.10 Å². The molecule has 29 heavy (non-hydrogen) atoms. The Morgan fingerprint density at radius 1 is 1.17 bits per heavy atom. The van der Waals surface area contributed by atoms with Gasteiger partial charge in [0, 0.05) is 23.7 Å². The van der Waals surface area contributed by atoms with Crippen LogP contribution in [0.15, 0.2) is 54.6 Å². The fraction of sp³-hybridized carbons (Fsp3) is 0.227. The highest BCUT2D eigenvalue weighted by Gasteiger charge is 2.31. The van der Waals surface area contributed by atoms with Gasteiger partial charge in [0.05, 0.1) is 18.2 Å². The van der Waals surface area contributed by atoms with Gasteiger partial charge in [0.1, 0.15) is 5.69 Å². The molecule has 0 bridgehead atoms. The fourth-order valence-electron chi connectivity index (χ4n) is 3.66. The summed E-state index contributed by atoms with van der Waals surface area (Å²) >= 11 is 5.96. The number of carbonyl (C=O) groups excluding carboxylic acids is 1. The Balaban J connectivity index is 1.58. The lowest BCUT2D eigenvalue weighted by molar-refractivity contribution is -0.136. The van der Waals surface area contributed by atoms with Gasteiger partial charge in [-0.25, -0.2) is 0 Å². The number of hydrogen-bond acceptors (Lipinski definition) is 3. The van der Waals surface area contributed by atoms with Crippen molar-refractivity contribution in [1.29, 1.82) is 0 Å². The predicted molar refractivity (Wildman–Crippen MR) is 110 cm³/mol. The van der Waals surface area contributed by atoms with Crippen molar-refractivity contribution < 1.29 is 14.7 Å². The third-order valence-corrected chi connectivity index (χ3v) is 5.26. The van der Waals surface area contributed by atoms with E-state index in [9.17, 15) is 9.59 Å². The van der Waals surface area contributed by atoms with Crippen LogP contribution < -0.4 is 0 Å². The van der Waals surface area contributed by atoms with E-state index < -0.39 is 5.97 Å². The number of fused-ring (bicyclic) bond motifs is 1. The van der Waals surface area contributed by atoms with Crippen LogP contribution in [0.25, 0.3) is 11.3 Å². The SMILES string of the molecule is C[C@H]1CN(Cc2cccc(CC(=O)O)c2)C(=O)c2cc(-c3ccc(Cl)cc3)nn21. The molecule has 1 aliphatic rings. The second kappa shape index (κ2) is 7.72. The zero-order valence-corrected chi connectivity index (χ0v) is 16.6. The molecule has 0 spiro atoms. The zero-order chi connectivity index (χ0) is 20.5. The van der Waals surface area contributed by atoms with E-state index in [-0.39, 0.29) is 18.4 Å². The highest BCUT2D eigenvalue weighted by atomic mass is 35.5. The normalized spacial score (nSPS) is 16.0. The Kier molecular flexibility index (Phi) is 5.11. The van der Waals surface area contributed by atoms with Gasteiger partial charge in [0.15, 0.2) is 0 Å². The van der Waals surface area contributed by atoms with E-state index in [1.807, 2.05) is 43.3 Å². The van der Waals surface area contributed by atoms with Crippen LogP contribution in [0.1, 0.15) is 34.6 Å². The number of carboxylic acid groups (broad SMARTS) is 1. The van der Waals surface area contributed by atoms with Gasteiger partial charge in [-0.15, -0.1) is 0 Å². The van der Waals surface area contributed by atoms with Gasteiger partial charge < -0.3 is 10.0 Å². The Labute approximate surface area is 173 Å². The molecule has 0 radical (unpaired) electrons. The topological polar surface area (TPSA) is 75.4 Å². The fourth-order valence-corrected chi connectivity index (χ4v) is 3.79. The Morgan fingerprint density at radius 3 is 2.62 bits per heavy atom. The van der Waals surface area contributed by atoms with E-state index in [1.54, 1.807) is 27.8 Å². The van der Waals surface area contributed by atoms with Gasteiger partial charge in [-0.05, 0) is 36.2 Å². The lowest BCUT2D eigenvalue weighted by Crippen LogP contribution is -2.41. The Hall–Kier alpha value is -3.12. The minimum Gasteiger partial charge on any atom is -0.481 e. The summed E-state index contributed by atoms with van der Waals surface area (Å²) in [5, 5.41) is 14.3. The van der Waals surface area contributed by atoms with Crippen LogP contribution in [-0.4, -0.2) is 38.2 Å². The summed E-state index contributed by atoms with van der Waals surface area (Å²) in [6.45, 7) is 3.00. The number of aliphatic carboxylic acids is 1. The Morgan fingerprint density at radius 2 is 1.90 bits per heavy atom. The number of carboxylic acids is 1. The van der Waals surface area contributed by atoms with Gasteiger partial charge >= 0.3 is 5.97 Å². The summed E-state index contributed by atoms with van der Waals surface area (Å²) in [6, 6.07) is 16.6. The first-order valence-corrected chi connectivity index (χ1v) is 9.73. The third-order valence-electron chi connectivity index (χ3n) is 5.00. The molecule has 2 aromatic carbocycles. The molecule has 148 valence electrons. The maximum atomic E-state index is 13.1. The molecule has 0 saturated heterocycles. The molecule has 0 saturated carbocycles. The van der Waals surface area contributed by atoms with Gasteiger partial charge in [-0.1, -0.05) is 48.0 Å². The predicted octanol–water partition coefficient (Wildman–Crippen LogP) is 4.05. The first-order chi connectivity index (χ1) is 13.9. The molecule has 1 amide bonds. The second-order valence-corrected chi connectivity index (χ2v) is 7.73. The largest absolute Gasteiger partial charge is 0.481 e. The van der Waals surface area contributed by atoms with E-state index >= 15 is 0 Å². The van der Waals surface area contributed by atoms with Crippen LogP contribution in [-0.2, 0) is 17.8 Å². The molecule has 0 aliphatic carbocycles. The number of hydrogen-bond donors (Lipinski definition) is 1. The van der Waals surface area contributed by atoms with Crippen LogP contribution in [0.2, 0.25) is 5.02 Å². The van der Waals surface area contributed by atoms with Crippen molar-refractivity contribution in [2.75, 3.05) is 6.54 Å². The average molecular weight is 410 g/mol. The van der Waals surface area contributed by atoms with Crippen molar-refractivity contribution in [3.05, 3.63) is 76.4 Å². The molecule has 1 atom stereocenters. The van der Waals surface area contributed by atoms with Crippen LogP contribution in [0.4, 0.5) is 0 Å². The summed E-state index contributed by atoms with van der Waals surface area (Å²) in [5.74, 6) is -0.956. The quantitative estimate of drug-likeness (QED) is 0.689. The van der Waals surface area contributed by atoms with E-state index in [0.717, 1.165) is 22.4 Å². The first kappa shape index (κ1) is 19.2. The molecule has 4 rings (SSSR count). The van der Waals surface area contributed by atoms with Gasteiger partial charge in [0.25, 0.3) is 5.91 Å². The summed E-state index contributed by atoms with van der Waals surface area (Å²) in [7, 11) is 0. The lowest BCUT2D eigenvalue weighted by Gasteiger charge is -2.32. The number of nitrogens with zero attached hydrogens (tertiary/aromatic N) is 3. The minimum atomic E-state index is -0.872. The van der Waals surface area contributed by atoms with Crippen molar-refractivity contribution in [3.63, 3.8) is 0 Å². The summed E-state index contributed by atoms with van der Waals surface area (Å²) in [5.41, 5.74) is 3.83. The molecule has 0 unspecified atom stereocenters. The number of rotatable bonds is 5. The van der Waals surface area contributed by atoms with Crippen molar-refractivity contribution in [2.45, 2.75) is 25.9 Å². The van der Waals surface area contributed by atoms with Crippen LogP contribution in [0.5, 0.6) is 0 Å². The maximum Gasteiger partial charge on any atom is 0.307 e. The standard InChI is InChI=1S/C22H20ClN3O3/c1-14-12-25(13-16-4-2-3-15(9-16)10-21(27)28)22(29)20-11-19(24-26(14)20)17-5-7-18(23)8-6-17/h2-9,11,14H,10,12-13H2,1H3,(H,27,28)/t14-/m0/s1. The smallest absolute Gasteiger partial charge is 0.307 e. The minimum absolute atomic E-state index is 0.0323.